The lowest BCUT2D eigenvalue weighted by Crippen LogP contribution is -2.26. The Morgan fingerprint density at radius 2 is 1.70 bits per heavy atom. The summed E-state index contributed by atoms with van der Waals surface area (Å²) < 4.78 is 16.2. The van der Waals surface area contributed by atoms with Crippen molar-refractivity contribution in [2.24, 2.45) is 5.92 Å². The Morgan fingerprint density at radius 1 is 0.950 bits per heavy atom. The second-order valence-electron chi connectivity index (χ2n) is 5.93. The van der Waals surface area contributed by atoms with E-state index in [4.69, 9.17) is 14.2 Å². The molecular formula is C16H18O4. The monoisotopic (exact) mass is 274 g/mol. The zero-order chi connectivity index (χ0) is 13.5. The van der Waals surface area contributed by atoms with Crippen molar-refractivity contribution in [3.63, 3.8) is 0 Å². The molecule has 3 aliphatic rings. The fourth-order valence-corrected chi connectivity index (χ4v) is 3.73. The summed E-state index contributed by atoms with van der Waals surface area (Å²) in [5, 5.41) is 0. The number of ether oxygens (including phenoxy) is 3. The molecule has 0 saturated heterocycles. The van der Waals surface area contributed by atoms with Crippen molar-refractivity contribution in [3.8, 4) is 17.2 Å². The second kappa shape index (κ2) is 4.69. The van der Waals surface area contributed by atoms with Crippen LogP contribution < -0.4 is 14.2 Å². The van der Waals surface area contributed by atoms with E-state index >= 15 is 0 Å². The number of carbonyl (C=O) groups excluding carboxylic acids is 1. The van der Waals surface area contributed by atoms with Crippen LogP contribution in [0.15, 0.2) is 12.1 Å². The van der Waals surface area contributed by atoms with Gasteiger partial charge in [-0.05, 0) is 24.8 Å². The molecule has 1 atom stereocenters. The second-order valence-corrected chi connectivity index (χ2v) is 5.93. The summed E-state index contributed by atoms with van der Waals surface area (Å²) in [6.07, 6.45) is 6.79. The van der Waals surface area contributed by atoms with E-state index < -0.39 is 0 Å². The lowest BCUT2D eigenvalue weighted by Gasteiger charge is -2.33. The molecule has 0 bridgehead atoms. The first-order valence-electron chi connectivity index (χ1n) is 7.45. The maximum Gasteiger partial charge on any atom is 0.311 e. The Morgan fingerprint density at radius 3 is 2.50 bits per heavy atom. The highest BCUT2D eigenvalue weighted by Gasteiger charge is 2.35. The maximum atomic E-state index is 11.9. The number of rotatable bonds is 1. The van der Waals surface area contributed by atoms with Crippen LogP contribution in [0.4, 0.5) is 0 Å². The van der Waals surface area contributed by atoms with E-state index in [1.807, 2.05) is 12.1 Å². The third kappa shape index (κ3) is 1.94. The van der Waals surface area contributed by atoms with Gasteiger partial charge in [0.15, 0.2) is 11.5 Å². The van der Waals surface area contributed by atoms with E-state index in [2.05, 4.69) is 0 Å². The van der Waals surface area contributed by atoms with Gasteiger partial charge in [-0.1, -0.05) is 19.3 Å². The van der Waals surface area contributed by atoms with Crippen molar-refractivity contribution >= 4 is 5.97 Å². The van der Waals surface area contributed by atoms with Gasteiger partial charge in [0, 0.05) is 17.5 Å². The first-order chi connectivity index (χ1) is 9.81. The van der Waals surface area contributed by atoms with Crippen LogP contribution in [0.2, 0.25) is 0 Å². The Balaban J connectivity index is 1.73. The zero-order valence-corrected chi connectivity index (χ0v) is 11.4. The molecule has 20 heavy (non-hydrogen) atoms. The molecule has 1 fully saturated rings. The minimum atomic E-state index is -0.119. The minimum absolute atomic E-state index is 0.119. The molecule has 1 aromatic rings. The summed E-state index contributed by atoms with van der Waals surface area (Å²) >= 11 is 0. The summed E-state index contributed by atoms with van der Waals surface area (Å²) in [5.74, 6) is 2.88. The summed E-state index contributed by atoms with van der Waals surface area (Å²) in [7, 11) is 0. The Kier molecular flexibility index (Phi) is 2.83. The number of hydrogen-bond donors (Lipinski definition) is 0. The van der Waals surface area contributed by atoms with Crippen molar-refractivity contribution < 1.29 is 19.0 Å². The van der Waals surface area contributed by atoms with Crippen LogP contribution >= 0.6 is 0 Å². The first-order valence-corrected chi connectivity index (χ1v) is 7.45. The highest BCUT2D eigenvalue weighted by atomic mass is 16.7. The molecule has 0 spiro atoms. The van der Waals surface area contributed by atoms with E-state index in [0.29, 0.717) is 23.8 Å². The molecule has 0 N–H and O–H groups in total. The number of fused-ring (bicyclic) bond motifs is 2. The fourth-order valence-electron chi connectivity index (χ4n) is 3.73. The summed E-state index contributed by atoms with van der Waals surface area (Å²) in [5.41, 5.74) is 1.13. The third-order valence-corrected chi connectivity index (χ3v) is 4.73. The predicted molar refractivity (Wildman–Crippen MR) is 72.1 cm³/mol. The van der Waals surface area contributed by atoms with Crippen molar-refractivity contribution in [2.75, 3.05) is 6.79 Å². The van der Waals surface area contributed by atoms with E-state index in [1.54, 1.807) is 0 Å². The molecule has 4 nitrogen and oxygen atoms in total. The fraction of sp³-hybridized carbons (Fsp3) is 0.562. The van der Waals surface area contributed by atoms with Gasteiger partial charge in [0.2, 0.25) is 6.79 Å². The Labute approximate surface area is 118 Å². The first kappa shape index (κ1) is 12.1. The van der Waals surface area contributed by atoms with E-state index in [-0.39, 0.29) is 18.7 Å². The molecule has 1 saturated carbocycles. The van der Waals surface area contributed by atoms with Crippen molar-refractivity contribution in [1.29, 1.82) is 0 Å². The van der Waals surface area contributed by atoms with Crippen LogP contribution in [0.5, 0.6) is 17.2 Å². The van der Waals surface area contributed by atoms with Crippen molar-refractivity contribution in [3.05, 3.63) is 17.7 Å². The molecule has 2 heterocycles. The quantitative estimate of drug-likeness (QED) is 0.581. The van der Waals surface area contributed by atoms with Gasteiger partial charge in [0.1, 0.15) is 5.75 Å². The molecular weight excluding hydrogens is 256 g/mol. The Bertz CT molecular complexity index is 546. The smallest absolute Gasteiger partial charge is 0.311 e. The predicted octanol–water partition coefficient (Wildman–Crippen LogP) is 3.39. The minimum Gasteiger partial charge on any atom is -0.454 e. The molecule has 4 heteroatoms. The van der Waals surface area contributed by atoms with E-state index in [9.17, 15) is 4.79 Å². The number of esters is 1. The molecule has 1 aromatic carbocycles. The number of benzene rings is 1. The molecule has 1 unspecified atom stereocenters. The lowest BCUT2D eigenvalue weighted by atomic mass is 9.74. The van der Waals surface area contributed by atoms with Crippen molar-refractivity contribution in [2.45, 2.75) is 44.4 Å². The normalized spacial score (nSPS) is 25.2. The average Bonchev–Trinajstić information content (AvgIpc) is 2.92. The van der Waals surface area contributed by atoms with Gasteiger partial charge >= 0.3 is 5.97 Å². The van der Waals surface area contributed by atoms with Crippen LogP contribution in [0, 0.1) is 5.92 Å². The van der Waals surface area contributed by atoms with Gasteiger partial charge in [-0.3, -0.25) is 4.79 Å². The topological polar surface area (TPSA) is 44.8 Å². The molecule has 4 rings (SSSR count). The van der Waals surface area contributed by atoms with E-state index in [0.717, 1.165) is 11.3 Å². The maximum absolute atomic E-state index is 11.9. The third-order valence-electron chi connectivity index (χ3n) is 4.73. The van der Waals surface area contributed by atoms with Gasteiger partial charge in [-0.25, -0.2) is 0 Å². The highest BCUT2D eigenvalue weighted by molar-refractivity contribution is 5.77. The van der Waals surface area contributed by atoms with Gasteiger partial charge in [0.05, 0.1) is 6.42 Å². The van der Waals surface area contributed by atoms with Gasteiger partial charge in [-0.2, -0.15) is 0 Å². The van der Waals surface area contributed by atoms with Crippen molar-refractivity contribution in [1.82, 2.24) is 0 Å². The largest absolute Gasteiger partial charge is 0.454 e. The van der Waals surface area contributed by atoms with Gasteiger partial charge < -0.3 is 14.2 Å². The number of carbonyl (C=O) groups is 1. The SMILES string of the molecule is O=C1CC(C2CCCCC2)c2cc3c(cc2O1)OCO3. The highest BCUT2D eigenvalue weighted by Crippen LogP contribution is 2.48. The molecule has 1 aliphatic carbocycles. The molecule has 2 aliphatic heterocycles. The summed E-state index contributed by atoms with van der Waals surface area (Å²) in [4.78, 5) is 11.9. The van der Waals surface area contributed by atoms with Crippen LogP contribution in [0.1, 0.15) is 50.0 Å². The number of hydrogen-bond acceptors (Lipinski definition) is 4. The standard InChI is InChI=1S/C16H18O4/c17-16-7-11(10-4-2-1-3-5-10)12-6-14-15(19-9-18-14)8-13(12)20-16/h6,8,10-11H,1-5,7,9H2. The zero-order valence-electron chi connectivity index (χ0n) is 11.4. The van der Waals surface area contributed by atoms with Crippen LogP contribution in [0.3, 0.4) is 0 Å². The van der Waals surface area contributed by atoms with Crippen LogP contribution in [-0.4, -0.2) is 12.8 Å². The van der Waals surface area contributed by atoms with Gasteiger partial charge in [0.25, 0.3) is 0 Å². The lowest BCUT2D eigenvalue weighted by molar-refractivity contribution is -0.136. The summed E-state index contributed by atoms with van der Waals surface area (Å²) in [6.45, 7) is 0.250. The molecule has 0 radical (unpaired) electrons. The molecule has 0 aromatic heterocycles. The Hall–Kier alpha value is -1.71. The summed E-state index contributed by atoms with van der Waals surface area (Å²) in [6, 6.07) is 3.83. The molecule has 0 amide bonds. The van der Waals surface area contributed by atoms with Gasteiger partial charge in [-0.15, -0.1) is 0 Å². The van der Waals surface area contributed by atoms with Crippen LogP contribution in [-0.2, 0) is 4.79 Å². The average molecular weight is 274 g/mol. The van der Waals surface area contributed by atoms with Crippen LogP contribution in [0.25, 0.3) is 0 Å². The van der Waals surface area contributed by atoms with E-state index in [1.165, 1.54) is 32.1 Å². The molecule has 106 valence electrons.